The number of hydrogen-bond donors (Lipinski definition) is 1. The van der Waals surface area contributed by atoms with Gasteiger partial charge in [0.05, 0.1) is 0 Å². The summed E-state index contributed by atoms with van der Waals surface area (Å²) in [5.41, 5.74) is 8.27. The average molecular weight is 259 g/mol. The highest BCUT2D eigenvalue weighted by Gasteiger charge is 2.08. The van der Waals surface area contributed by atoms with E-state index in [0.717, 1.165) is 23.3 Å². The summed E-state index contributed by atoms with van der Waals surface area (Å²) >= 11 is 0. The number of nitrogens with two attached hydrogens (primary N) is 1. The maximum Gasteiger partial charge on any atom is 0.129 e. The Morgan fingerprint density at radius 2 is 1.79 bits per heavy atom. The van der Waals surface area contributed by atoms with Crippen molar-refractivity contribution in [3.63, 3.8) is 0 Å². The number of aryl methyl sites for hydroxylation is 1. The highest BCUT2D eigenvalue weighted by molar-refractivity contribution is 5.41. The van der Waals surface area contributed by atoms with Gasteiger partial charge in [-0.3, -0.25) is 0 Å². The van der Waals surface area contributed by atoms with Crippen LogP contribution < -0.4 is 10.5 Å². The lowest BCUT2D eigenvalue weighted by Crippen LogP contribution is -2.07. The van der Waals surface area contributed by atoms with Crippen molar-refractivity contribution < 1.29 is 9.13 Å². The van der Waals surface area contributed by atoms with Crippen molar-refractivity contribution in [2.24, 2.45) is 5.73 Å². The zero-order valence-corrected chi connectivity index (χ0v) is 11.0. The van der Waals surface area contributed by atoms with Gasteiger partial charge in [-0.15, -0.1) is 0 Å². The third-order valence-electron chi connectivity index (χ3n) is 3.04. The molecular formula is C16H18FNO. The first-order valence-corrected chi connectivity index (χ1v) is 6.37. The lowest BCUT2D eigenvalue weighted by atomic mass is 10.1. The Bertz CT molecular complexity index is 554. The summed E-state index contributed by atoms with van der Waals surface area (Å²) in [4.78, 5) is 0. The summed E-state index contributed by atoms with van der Waals surface area (Å²) in [7, 11) is 0. The Kier molecular flexibility index (Phi) is 4.53. The van der Waals surface area contributed by atoms with E-state index in [4.69, 9.17) is 10.5 Å². The summed E-state index contributed by atoms with van der Waals surface area (Å²) in [6, 6.07) is 12.6. The molecule has 0 aliphatic rings. The van der Waals surface area contributed by atoms with Crippen LogP contribution in [0.2, 0.25) is 0 Å². The monoisotopic (exact) mass is 259 g/mol. The second-order valence-electron chi connectivity index (χ2n) is 4.48. The van der Waals surface area contributed by atoms with Gasteiger partial charge in [0.2, 0.25) is 0 Å². The molecule has 0 fully saturated rings. The highest BCUT2D eigenvalue weighted by atomic mass is 19.1. The maximum atomic E-state index is 13.5. The fourth-order valence-electron chi connectivity index (χ4n) is 2.04. The van der Waals surface area contributed by atoms with Gasteiger partial charge in [0, 0.05) is 5.56 Å². The molecule has 0 bridgehead atoms. The standard InChI is InChI=1S/C16H18FNO/c1-12-5-4-7-13(9-10-18)16(12)19-11-14-6-2-3-8-15(14)17/h2-8H,9-11,18H2,1H3. The Morgan fingerprint density at radius 3 is 2.53 bits per heavy atom. The first-order chi connectivity index (χ1) is 9.22. The molecule has 3 heteroatoms. The molecule has 0 radical (unpaired) electrons. The molecule has 0 heterocycles. The quantitative estimate of drug-likeness (QED) is 0.894. The lowest BCUT2D eigenvalue weighted by Gasteiger charge is -2.14. The van der Waals surface area contributed by atoms with E-state index in [9.17, 15) is 4.39 Å². The summed E-state index contributed by atoms with van der Waals surface area (Å²) in [5.74, 6) is 0.577. The predicted octanol–water partition coefficient (Wildman–Crippen LogP) is 3.21. The smallest absolute Gasteiger partial charge is 0.129 e. The van der Waals surface area contributed by atoms with Gasteiger partial charge in [-0.25, -0.2) is 4.39 Å². The van der Waals surface area contributed by atoms with Crippen LogP contribution in [0.3, 0.4) is 0 Å². The highest BCUT2D eigenvalue weighted by Crippen LogP contribution is 2.25. The Hall–Kier alpha value is -1.87. The minimum absolute atomic E-state index is 0.231. The minimum atomic E-state index is -0.239. The molecule has 0 aliphatic heterocycles. The van der Waals surface area contributed by atoms with Crippen molar-refractivity contribution in [2.45, 2.75) is 20.0 Å². The van der Waals surface area contributed by atoms with E-state index < -0.39 is 0 Å². The van der Waals surface area contributed by atoms with Crippen molar-refractivity contribution in [1.82, 2.24) is 0 Å². The lowest BCUT2D eigenvalue weighted by molar-refractivity contribution is 0.294. The molecule has 2 nitrogen and oxygen atoms in total. The van der Waals surface area contributed by atoms with Crippen molar-refractivity contribution in [1.29, 1.82) is 0 Å². The SMILES string of the molecule is Cc1cccc(CCN)c1OCc1ccccc1F. The zero-order valence-electron chi connectivity index (χ0n) is 11.0. The Labute approximate surface area is 113 Å². The van der Waals surface area contributed by atoms with E-state index >= 15 is 0 Å². The van der Waals surface area contributed by atoms with E-state index in [1.54, 1.807) is 18.2 Å². The van der Waals surface area contributed by atoms with Crippen molar-refractivity contribution in [3.8, 4) is 5.75 Å². The van der Waals surface area contributed by atoms with E-state index in [-0.39, 0.29) is 12.4 Å². The normalized spacial score (nSPS) is 10.5. The number of hydrogen-bond acceptors (Lipinski definition) is 2. The van der Waals surface area contributed by atoms with Crippen LogP contribution in [0.25, 0.3) is 0 Å². The second-order valence-corrected chi connectivity index (χ2v) is 4.48. The third-order valence-corrected chi connectivity index (χ3v) is 3.04. The number of benzene rings is 2. The molecule has 0 atom stereocenters. The van der Waals surface area contributed by atoms with Crippen molar-refractivity contribution in [3.05, 3.63) is 65.0 Å². The first-order valence-electron chi connectivity index (χ1n) is 6.37. The van der Waals surface area contributed by atoms with E-state index in [2.05, 4.69) is 0 Å². The van der Waals surface area contributed by atoms with Crippen molar-refractivity contribution >= 4 is 0 Å². The fraction of sp³-hybridized carbons (Fsp3) is 0.250. The van der Waals surface area contributed by atoms with Gasteiger partial charge < -0.3 is 10.5 Å². The molecule has 2 aromatic carbocycles. The van der Waals surface area contributed by atoms with Gasteiger partial charge >= 0.3 is 0 Å². The Morgan fingerprint density at radius 1 is 1.05 bits per heavy atom. The molecule has 19 heavy (non-hydrogen) atoms. The predicted molar refractivity (Wildman–Crippen MR) is 74.7 cm³/mol. The molecule has 0 saturated carbocycles. The second kappa shape index (κ2) is 6.34. The summed E-state index contributed by atoms with van der Waals surface area (Å²) < 4.78 is 19.3. The number of ether oxygens (including phenoxy) is 1. The molecule has 0 aliphatic carbocycles. The fourth-order valence-corrected chi connectivity index (χ4v) is 2.04. The summed E-state index contributed by atoms with van der Waals surface area (Å²) in [6.07, 6.45) is 0.758. The van der Waals surface area contributed by atoms with Gasteiger partial charge in [-0.05, 0) is 37.1 Å². The van der Waals surface area contributed by atoms with Crippen LogP contribution in [0.1, 0.15) is 16.7 Å². The van der Waals surface area contributed by atoms with Gasteiger partial charge in [-0.1, -0.05) is 36.4 Å². The summed E-state index contributed by atoms with van der Waals surface area (Å²) in [5, 5.41) is 0. The van der Waals surface area contributed by atoms with E-state index in [1.165, 1.54) is 6.07 Å². The van der Waals surface area contributed by atoms with Crippen LogP contribution in [0.4, 0.5) is 4.39 Å². The first kappa shape index (κ1) is 13.6. The third kappa shape index (κ3) is 3.32. The molecule has 0 amide bonds. The molecule has 0 spiro atoms. The molecule has 0 saturated heterocycles. The molecule has 2 aromatic rings. The average Bonchev–Trinajstić information content (AvgIpc) is 2.40. The molecule has 0 aromatic heterocycles. The van der Waals surface area contributed by atoms with Gasteiger partial charge in [0.25, 0.3) is 0 Å². The largest absolute Gasteiger partial charge is 0.488 e. The van der Waals surface area contributed by atoms with Gasteiger partial charge in [-0.2, -0.15) is 0 Å². The molecule has 100 valence electrons. The number of rotatable bonds is 5. The van der Waals surface area contributed by atoms with Crippen LogP contribution in [-0.2, 0) is 13.0 Å². The summed E-state index contributed by atoms with van der Waals surface area (Å²) in [6.45, 7) is 2.78. The van der Waals surface area contributed by atoms with Crippen LogP contribution >= 0.6 is 0 Å². The van der Waals surface area contributed by atoms with Gasteiger partial charge in [0.1, 0.15) is 18.2 Å². The number of para-hydroxylation sites is 1. The molecule has 2 rings (SSSR count). The molecule has 2 N–H and O–H groups in total. The molecule has 0 unspecified atom stereocenters. The maximum absolute atomic E-state index is 13.5. The van der Waals surface area contributed by atoms with Crippen LogP contribution in [0.5, 0.6) is 5.75 Å². The number of halogens is 1. The van der Waals surface area contributed by atoms with Crippen LogP contribution in [0.15, 0.2) is 42.5 Å². The van der Waals surface area contributed by atoms with E-state index in [0.29, 0.717) is 12.1 Å². The van der Waals surface area contributed by atoms with Crippen molar-refractivity contribution in [2.75, 3.05) is 6.54 Å². The molecular weight excluding hydrogens is 241 g/mol. The van der Waals surface area contributed by atoms with Gasteiger partial charge in [0.15, 0.2) is 0 Å². The topological polar surface area (TPSA) is 35.2 Å². The van der Waals surface area contributed by atoms with Crippen LogP contribution in [-0.4, -0.2) is 6.54 Å². The Balaban J connectivity index is 2.17. The van der Waals surface area contributed by atoms with Crippen LogP contribution in [0, 0.1) is 12.7 Å². The zero-order chi connectivity index (χ0) is 13.7. The van der Waals surface area contributed by atoms with E-state index in [1.807, 2.05) is 25.1 Å². The minimum Gasteiger partial charge on any atom is -0.488 e.